The number of rotatable bonds is 5. The molecule has 3 aromatic rings. The Morgan fingerprint density at radius 3 is 2.35 bits per heavy atom. The topological polar surface area (TPSA) is 64.1 Å². The predicted octanol–water partition coefficient (Wildman–Crippen LogP) is 4.78. The first-order valence-electron chi connectivity index (χ1n) is 8.09. The minimum absolute atomic E-state index is 0.373. The van der Waals surface area contributed by atoms with Crippen molar-refractivity contribution in [2.75, 3.05) is 11.6 Å². The zero-order valence-corrected chi connectivity index (χ0v) is 15.6. The third-order valence-electron chi connectivity index (χ3n) is 3.64. The molecule has 132 valence electrons. The van der Waals surface area contributed by atoms with Gasteiger partial charge in [-0.1, -0.05) is 29.5 Å². The highest BCUT2D eigenvalue weighted by atomic mass is 32.2. The number of hydrogen-bond acceptors (Lipinski definition) is 6. The van der Waals surface area contributed by atoms with Crippen molar-refractivity contribution in [3.63, 3.8) is 0 Å². The highest BCUT2D eigenvalue weighted by Gasteiger charge is 2.08. The molecule has 6 heteroatoms. The molecule has 1 heterocycles. The second-order valence-corrected chi connectivity index (χ2v) is 6.56. The molecule has 0 aliphatic rings. The van der Waals surface area contributed by atoms with Crippen LogP contribution in [0.4, 0.5) is 11.5 Å². The molecule has 3 rings (SSSR count). The number of aryl methyl sites for hydroxylation is 2. The van der Waals surface area contributed by atoms with E-state index in [9.17, 15) is 4.79 Å². The van der Waals surface area contributed by atoms with E-state index in [4.69, 9.17) is 4.74 Å². The fourth-order valence-corrected chi connectivity index (χ4v) is 2.73. The summed E-state index contributed by atoms with van der Waals surface area (Å²) < 4.78 is 5.41. The van der Waals surface area contributed by atoms with Gasteiger partial charge in [-0.3, -0.25) is 0 Å². The highest BCUT2D eigenvalue weighted by Crippen LogP contribution is 2.21. The molecular formula is C20H19N3O2S. The van der Waals surface area contributed by atoms with E-state index in [0.29, 0.717) is 11.3 Å². The van der Waals surface area contributed by atoms with Gasteiger partial charge in [0.25, 0.3) is 0 Å². The summed E-state index contributed by atoms with van der Waals surface area (Å²) in [6, 6.07) is 16.3. The monoisotopic (exact) mass is 365 g/mol. The summed E-state index contributed by atoms with van der Waals surface area (Å²) in [5.41, 5.74) is 3.38. The van der Waals surface area contributed by atoms with Gasteiger partial charge in [0.2, 0.25) is 0 Å². The number of benzene rings is 2. The summed E-state index contributed by atoms with van der Waals surface area (Å²) in [7, 11) is 0. The number of carbonyl (C=O) groups is 1. The third-order valence-corrected chi connectivity index (χ3v) is 4.19. The maximum Gasteiger partial charge on any atom is 0.343 e. The lowest BCUT2D eigenvalue weighted by atomic mass is 10.1. The number of aromatic nitrogens is 2. The van der Waals surface area contributed by atoms with Gasteiger partial charge in [0.05, 0.1) is 5.56 Å². The van der Waals surface area contributed by atoms with Gasteiger partial charge >= 0.3 is 5.97 Å². The first kappa shape index (κ1) is 17.9. The van der Waals surface area contributed by atoms with Crippen LogP contribution in [-0.4, -0.2) is 22.2 Å². The van der Waals surface area contributed by atoms with Gasteiger partial charge in [0, 0.05) is 17.4 Å². The number of ether oxygens (including phenoxy) is 1. The average molecular weight is 365 g/mol. The number of nitrogens with one attached hydrogen (secondary N) is 1. The van der Waals surface area contributed by atoms with Crippen LogP contribution in [0.2, 0.25) is 0 Å². The van der Waals surface area contributed by atoms with Crippen molar-refractivity contribution in [3.8, 4) is 5.75 Å². The summed E-state index contributed by atoms with van der Waals surface area (Å²) in [5.74, 6) is 0.845. The van der Waals surface area contributed by atoms with E-state index >= 15 is 0 Å². The third kappa shape index (κ3) is 4.61. The van der Waals surface area contributed by atoms with Gasteiger partial charge in [-0.25, -0.2) is 14.8 Å². The summed E-state index contributed by atoms with van der Waals surface area (Å²) in [5, 5.41) is 3.95. The lowest BCUT2D eigenvalue weighted by molar-refractivity contribution is 0.0735. The summed E-state index contributed by atoms with van der Waals surface area (Å²) in [4.78, 5) is 20.9. The van der Waals surface area contributed by atoms with Crippen LogP contribution in [0.3, 0.4) is 0 Å². The van der Waals surface area contributed by atoms with Crippen molar-refractivity contribution in [2.24, 2.45) is 0 Å². The van der Waals surface area contributed by atoms with Crippen molar-refractivity contribution in [2.45, 2.75) is 19.0 Å². The Labute approximate surface area is 156 Å². The minimum Gasteiger partial charge on any atom is -0.423 e. The first-order valence-corrected chi connectivity index (χ1v) is 9.31. The molecule has 0 atom stereocenters. The molecule has 1 N–H and O–H groups in total. The van der Waals surface area contributed by atoms with E-state index in [1.54, 1.807) is 24.3 Å². The van der Waals surface area contributed by atoms with Gasteiger partial charge in [-0.05, 0) is 56.5 Å². The zero-order chi connectivity index (χ0) is 18.5. The molecule has 0 fully saturated rings. The molecule has 5 nitrogen and oxygen atoms in total. The van der Waals surface area contributed by atoms with Gasteiger partial charge < -0.3 is 10.1 Å². The molecule has 2 aromatic carbocycles. The molecule has 0 bridgehead atoms. The SMILES string of the molecule is CSc1nc(C)cc(Nc2ccc(OC(=O)c3ccc(C)cc3)cc2)n1. The Bertz CT molecular complexity index is 909. The average Bonchev–Trinajstić information content (AvgIpc) is 2.63. The van der Waals surface area contributed by atoms with E-state index in [1.165, 1.54) is 11.8 Å². The molecular weight excluding hydrogens is 346 g/mol. The number of carbonyl (C=O) groups excluding carboxylic acids is 1. The van der Waals surface area contributed by atoms with Crippen LogP contribution >= 0.6 is 11.8 Å². The van der Waals surface area contributed by atoms with Crippen LogP contribution in [0.1, 0.15) is 21.6 Å². The Balaban J connectivity index is 1.67. The quantitative estimate of drug-likeness (QED) is 0.304. The van der Waals surface area contributed by atoms with Crippen molar-refractivity contribution in [1.82, 2.24) is 9.97 Å². The molecule has 26 heavy (non-hydrogen) atoms. The normalized spacial score (nSPS) is 10.4. The van der Waals surface area contributed by atoms with Crippen molar-refractivity contribution < 1.29 is 9.53 Å². The Morgan fingerprint density at radius 1 is 1.00 bits per heavy atom. The Kier molecular flexibility index (Phi) is 5.53. The van der Waals surface area contributed by atoms with E-state index in [-0.39, 0.29) is 5.97 Å². The number of esters is 1. The minimum atomic E-state index is -0.373. The van der Waals surface area contributed by atoms with E-state index in [1.807, 2.05) is 50.4 Å². The van der Waals surface area contributed by atoms with Gasteiger partial charge in [-0.2, -0.15) is 0 Å². The predicted molar refractivity (Wildman–Crippen MR) is 104 cm³/mol. The highest BCUT2D eigenvalue weighted by molar-refractivity contribution is 7.98. The smallest absolute Gasteiger partial charge is 0.343 e. The van der Waals surface area contributed by atoms with Gasteiger partial charge in [-0.15, -0.1) is 0 Å². The molecule has 0 spiro atoms. The first-order chi connectivity index (χ1) is 12.5. The lowest BCUT2D eigenvalue weighted by Crippen LogP contribution is -2.08. The largest absolute Gasteiger partial charge is 0.423 e. The van der Waals surface area contributed by atoms with Crippen molar-refractivity contribution in [1.29, 1.82) is 0 Å². The second-order valence-electron chi connectivity index (χ2n) is 5.79. The number of thioether (sulfide) groups is 1. The Morgan fingerprint density at radius 2 is 1.69 bits per heavy atom. The van der Waals surface area contributed by atoms with Gasteiger partial charge in [0.1, 0.15) is 11.6 Å². The van der Waals surface area contributed by atoms with Crippen molar-refractivity contribution in [3.05, 3.63) is 71.4 Å². The lowest BCUT2D eigenvalue weighted by Gasteiger charge is -2.09. The van der Waals surface area contributed by atoms with E-state index in [2.05, 4.69) is 15.3 Å². The maximum atomic E-state index is 12.2. The fourth-order valence-electron chi connectivity index (χ4n) is 2.31. The van der Waals surface area contributed by atoms with Crippen LogP contribution in [0.5, 0.6) is 5.75 Å². The summed E-state index contributed by atoms with van der Waals surface area (Å²) >= 11 is 1.50. The molecule has 0 saturated heterocycles. The molecule has 0 unspecified atom stereocenters. The zero-order valence-electron chi connectivity index (χ0n) is 14.8. The molecule has 0 amide bonds. The fraction of sp³-hybridized carbons (Fsp3) is 0.150. The van der Waals surface area contributed by atoms with Crippen LogP contribution in [0.25, 0.3) is 0 Å². The summed E-state index contributed by atoms with van der Waals surface area (Å²) in [6.45, 7) is 3.91. The number of nitrogens with zero attached hydrogens (tertiary/aromatic N) is 2. The molecule has 0 saturated carbocycles. The molecule has 0 aliphatic carbocycles. The van der Waals surface area contributed by atoms with Crippen LogP contribution in [-0.2, 0) is 0 Å². The van der Waals surface area contributed by atoms with Crippen LogP contribution < -0.4 is 10.1 Å². The van der Waals surface area contributed by atoms with Crippen molar-refractivity contribution >= 4 is 29.2 Å². The maximum absolute atomic E-state index is 12.2. The molecule has 0 radical (unpaired) electrons. The van der Waals surface area contributed by atoms with Crippen LogP contribution in [0, 0.1) is 13.8 Å². The van der Waals surface area contributed by atoms with Crippen LogP contribution in [0.15, 0.2) is 59.8 Å². The van der Waals surface area contributed by atoms with E-state index in [0.717, 1.165) is 27.9 Å². The Hall–Kier alpha value is -2.86. The van der Waals surface area contributed by atoms with E-state index < -0.39 is 0 Å². The standard InChI is InChI=1S/C20H19N3O2S/c1-13-4-6-15(7-5-13)19(24)25-17-10-8-16(9-11-17)22-18-12-14(2)21-20(23-18)26-3/h4-12H,1-3H3,(H,21,22,23). The number of anilines is 2. The summed E-state index contributed by atoms with van der Waals surface area (Å²) in [6.07, 6.45) is 1.94. The number of hydrogen-bond donors (Lipinski definition) is 1. The molecule has 1 aromatic heterocycles. The van der Waals surface area contributed by atoms with Gasteiger partial charge in [0.15, 0.2) is 5.16 Å². The second kappa shape index (κ2) is 8.01. The molecule has 0 aliphatic heterocycles.